The number of urea groups is 1. The first-order valence-corrected chi connectivity index (χ1v) is 8.72. The monoisotopic (exact) mass is 350 g/mol. The number of hydrogen-bond donors (Lipinski definition) is 2. The number of nitrogens with one attached hydrogen (secondary N) is 2. The molecule has 4 nitrogen and oxygen atoms in total. The first kappa shape index (κ1) is 17.5. The number of carbonyl (C=O) groups is 1. The first-order chi connectivity index (χ1) is 11.2. The second kappa shape index (κ2) is 9.33. The van der Waals surface area contributed by atoms with Gasteiger partial charge in [0.25, 0.3) is 0 Å². The predicted octanol–water partition coefficient (Wildman–Crippen LogP) is 4.40. The Labute approximate surface area is 145 Å². The van der Waals surface area contributed by atoms with Crippen molar-refractivity contribution in [2.24, 2.45) is 0 Å². The van der Waals surface area contributed by atoms with Crippen molar-refractivity contribution in [3.8, 4) is 5.75 Å². The van der Waals surface area contributed by atoms with Crippen molar-refractivity contribution in [1.29, 1.82) is 0 Å². The summed E-state index contributed by atoms with van der Waals surface area (Å²) in [4.78, 5) is 11.9. The number of amides is 2. The molecule has 0 heterocycles. The van der Waals surface area contributed by atoms with Gasteiger partial charge in [-0.05, 0) is 29.8 Å². The average Bonchev–Trinajstić information content (AvgIpc) is 2.55. The van der Waals surface area contributed by atoms with Crippen molar-refractivity contribution in [3.05, 3.63) is 59.1 Å². The second-order valence-electron chi connectivity index (χ2n) is 4.76. The molecule has 2 aromatic carbocycles. The summed E-state index contributed by atoms with van der Waals surface area (Å²) in [6.07, 6.45) is 0. The molecule has 0 atom stereocenters. The van der Waals surface area contributed by atoms with E-state index in [1.54, 1.807) is 31.0 Å². The van der Waals surface area contributed by atoms with Gasteiger partial charge < -0.3 is 15.4 Å². The van der Waals surface area contributed by atoms with Crippen LogP contribution in [0.2, 0.25) is 5.02 Å². The van der Waals surface area contributed by atoms with Gasteiger partial charge in [0.15, 0.2) is 0 Å². The van der Waals surface area contributed by atoms with Crippen LogP contribution in [0.4, 0.5) is 10.5 Å². The van der Waals surface area contributed by atoms with Gasteiger partial charge in [-0.15, -0.1) is 0 Å². The lowest BCUT2D eigenvalue weighted by atomic mass is 10.2. The maximum atomic E-state index is 11.9. The standard InChI is InChI=1S/C17H19ClN2O2S/c1-22-16-8-3-2-7-15(16)20-17(21)19-9-10-23-12-13-5-4-6-14(18)11-13/h2-8,11H,9-10,12H2,1H3,(H2,19,20,21). The Hall–Kier alpha value is -1.85. The SMILES string of the molecule is COc1ccccc1NC(=O)NCCSCc1cccc(Cl)c1. The minimum absolute atomic E-state index is 0.238. The molecule has 23 heavy (non-hydrogen) atoms. The van der Waals surface area contributed by atoms with Gasteiger partial charge in [0.05, 0.1) is 12.8 Å². The smallest absolute Gasteiger partial charge is 0.319 e. The van der Waals surface area contributed by atoms with E-state index in [1.807, 2.05) is 36.4 Å². The maximum Gasteiger partial charge on any atom is 0.319 e. The highest BCUT2D eigenvalue weighted by Gasteiger charge is 2.05. The summed E-state index contributed by atoms with van der Waals surface area (Å²) in [6.45, 7) is 0.589. The van der Waals surface area contributed by atoms with Crippen LogP contribution in [0.3, 0.4) is 0 Å². The van der Waals surface area contributed by atoms with Crippen LogP contribution in [0, 0.1) is 0 Å². The number of carbonyl (C=O) groups excluding carboxylic acids is 1. The van der Waals surface area contributed by atoms with E-state index >= 15 is 0 Å². The summed E-state index contributed by atoms with van der Waals surface area (Å²) < 4.78 is 5.19. The number of halogens is 1. The van der Waals surface area contributed by atoms with Gasteiger partial charge in [-0.1, -0.05) is 35.9 Å². The van der Waals surface area contributed by atoms with Crippen molar-refractivity contribution in [1.82, 2.24) is 5.32 Å². The van der Waals surface area contributed by atoms with E-state index < -0.39 is 0 Å². The molecule has 0 saturated heterocycles. The van der Waals surface area contributed by atoms with E-state index in [0.717, 1.165) is 16.5 Å². The molecule has 0 bridgehead atoms. The van der Waals surface area contributed by atoms with Crippen molar-refractivity contribution in [2.45, 2.75) is 5.75 Å². The minimum atomic E-state index is -0.238. The molecule has 2 N–H and O–H groups in total. The van der Waals surface area contributed by atoms with E-state index in [-0.39, 0.29) is 6.03 Å². The van der Waals surface area contributed by atoms with Crippen molar-refractivity contribution in [3.63, 3.8) is 0 Å². The van der Waals surface area contributed by atoms with Crippen LogP contribution in [-0.4, -0.2) is 25.4 Å². The van der Waals surface area contributed by atoms with Crippen LogP contribution >= 0.6 is 23.4 Å². The summed E-state index contributed by atoms with van der Waals surface area (Å²) >= 11 is 7.69. The largest absolute Gasteiger partial charge is 0.495 e. The molecule has 0 aliphatic heterocycles. The molecule has 6 heteroatoms. The topological polar surface area (TPSA) is 50.4 Å². The molecule has 2 aromatic rings. The quantitative estimate of drug-likeness (QED) is 0.727. The second-order valence-corrected chi connectivity index (χ2v) is 6.31. The Morgan fingerprint density at radius 1 is 1.22 bits per heavy atom. The molecule has 2 rings (SSSR count). The lowest BCUT2D eigenvalue weighted by Crippen LogP contribution is -2.30. The third kappa shape index (κ3) is 6.04. The third-order valence-corrected chi connectivity index (χ3v) is 4.31. The number of ether oxygens (including phenoxy) is 1. The maximum absolute atomic E-state index is 11.9. The molecule has 0 spiro atoms. The molecule has 122 valence electrons. The Bertz CT molecular complexity index is 652. The van der Waals surface area contributed by atoms with Crippen molar-refractivity contribution >= 4 is 35.1 Å². The Kier molecular flexibility index (Phi) is 7.10. The third-order valence-electron chi connectivity index (χ3n) is 3.04. The molecule has 0 radical (unpaired) electrons. The van der Waals surface area contributed by atoms with Gasteiger partial charge in [-0.3, -0.25) is 0 Å². The van der Waals surface area contributed by atoms with Gasteiger partial charge in [0.2, 0.25) is 0 Å². The normalized spacial score (nSPS) is 10.2. The Balaban J connectivity index is 1.67. The van der Waals surface area contributed by atoms with Crippen LogP contribution < -0.4 is 15.4 Å². The van der Waals surface area contributed by atoms with Crippen LogP contribution in [-0.2, 0) is 5.75 Å². The van der Waals surface area contributed by atoms with E-state index in [0.29, 0.717) is 18.0 Å². The Morgan fingerprint density at radius 3 is 2.83 bits per heavy atom. The van der Waals surface area contributed by atoms with Gasteiger partial charge >= 0.3 is 6.03 Å². The summed E-state index contributed by atoms with van der Waals surface area (Å²) in [5.41, 5.74) is 1.83. The number of thioether (sulfide) groups is 1. The van der Waals surface area contributed by atoms with Gasteiger partial charge in [0.1, 0.15) is 5.75 Å². The highest BCUT2D eigenvalue weighted by Crippen LogP contribution is 2.22. The van der Waals surface area contributed by atoms with E-state index in [2.05, 4.69) is 10.6 Å². The lowest BCUT2D eigenvalue weighted by Gasteiger charge is -2.10. The van der Waals surface area contributed by atoms with E-state index in [1.165, 1.54) is 5.56 Å². The molecular formula is C17H19ClN2O2S. The lowest BCUT2D eigenvalue weighted by molar-refractivity contribution is 0.252. The van der Waals surface area contributed by atoms with Gasteiger partial charge in [-0.25, -0.2) is 4.79 Å². The summed E-state index contributed by atoms with van der Waals surface area (Å²) in [5.74, 6) is 2.33. The van der Waals surface area contributed by atoms with Gasteiger partial charge in [-0.2, -0.15) is 11.8 Å². The summed E-state index contributed by atoms with van der Waals surface area (Å²) in [7, 11) is 1.57. The molecule has 0 saturated carbocycles. The molecule has 2 amide bonds. The number of hydrogen-bond acceptors (Lipinski definition) is 3. The molecular weight excluding hydrogens is 332 g/mol. The molecule has 0 aliphatic carbocycles. The number of methoxy groups -OCH3 is 1. The molecule has 0 fully saturated rings. The van der Waals surface area contributed by atoms with E-state index in [9.17, 15) is 4.79 Å². The number of anilines is 1. The van der Waals surface area contributed by atoms with E-state index in [4.69, 9.17) is 16.3 Å². The number of benzene rings is 2. The first-order valence-electron chi connectivity index (χ1n) is 7.19. The van der Waals surface area contributed by atoms with Crippen molar-refractivity contribution in [2.75, 3.05) is 24.7 Å². The fourth-order valence-electron chi connectivity index (χ4n) is 1.97. The van der Waals surface area contributed by atoms with Crippen LogP contribution in [0.25, 0.3) is 0 Å². The highest BCUT2D eigenvalue weighted by atomic mass is 35.5. The zero-order valence-electron chi connectivity index (χ0n) is 12.8. The van der Waals surface area contributed by atoms with Gasteiger partial charge in [0, 0.05) is 23.1 Å². The van der Waals surface area contributed by atoms with Crippen molar-refractivity contribution < 1.29 is 9.53 Å². The van der Waals surface area contributed by atoms with Crippen LogP contribution in [0.5, 0.6) is 5.75 Å². The molecule has 0 aromatic heterocycles. The molecule has 0 aliphatic rings. The Morgan fingerprint density at radius 2 is 2.04 bits per heavy atom. The zero-order chi connectivity index (χ0) is 16.5. The fraction of sp³-hybridized carbons (Fsp3) is 0.235. The van der Waals surface area contributed by atoms with Crippen LogP contribution in [0.15, 0.2) is 48.5 Å². The fourth-order valence-corrected chi connectivity index (χ4v) is 2.99. The average molecular weight is 351 g/mol. The molecule has 0 unspecified atom stereocenters. The summed E-state index contributed by atoms with van der Waals surface area (Å²) in [5, 5.41) is 6.35. The summed E-state index contributed by atoms with van der Waals surface area (Å²) in [6, 6.07) is 14.9. The highest BCUT2D eigenvalue weighted by molar-refractivity contribution is 7.98. The van der Waals surface area contributed by atoms with Crippen LogP contribution in [0.1, 0.15) is 5.56 Å². The zero-order valence-corrected chi connectivity index (χ0v) is 14.4. The predicted molar refractivity (Wildman–Crippen MR) is 97.6 cm³/mol. The number of rotatable bonds is 7. The minimum Gasteiger partial charge on any atom is -0.495 e. The number of para-hydroxylation sites is 2.